The maximum absolute atomic E-state index is 11.9. The summed E-state index contributed by atoms with van der Waals surface area (Å²) in [6.07, 6.45) is 0.888. The lowest BCUT2D eigenvalue weighted by molar-refractivity contribution is 0.0946. The maximum atomic E-state index is 11.9. The van der Waals surface area contributed by atoms with Gasteiger partial charge in [-0.15, -0.1) is 11.6 Å². The lowest BCUT2D eigenvalue weighted by atomic mass is 9.94. The summed E-state index contributed by atoms with van der Waals surface area (Å²) in [5, 5.41) is 2.64. The molecule has 1 heterocycles. The molecule has 0 radical (unpaired) electrons. The Labute approximate surface area is 123 Å². The average Bonchev–Trinajstić information content (AvgIpc) is 2.47. The molecule has 0 fully saturated rings. The second kappa shape index (κ2) is 5.29. The van der Waals surface area contributed by atoms with Crippen LogP contribution in [0.3, 0.4) is 0 Å². The zero-order valence-electron chi connectivity index (χ0n) is 11.3. The van der Waals surface area contributed by atoms with Gasteiger partial charge in [-0.1, -0.05) is 42.0 Å². The van der Waals surface area contributed by atoms with Gasteiger partial charge in [0.25, 0.3) is 5.91 Å². The van der Waals surface area contributed by atoms with Crippen molar-refractivity contribution in [2.75, 3.05) is 6.54 Å². The summed E-state index contributed by atoms with van der Waals surface area (Å²) in [6, 6.07) is 14.1. The summed E-state index contributed by atoms with van der Waals surface area (Å²) in [5.74, 6) is 0.00112. The number of benzene rings is 2. The highest BCUT2D eigenvalue weighted by Gasteiger charge is 2.19. The van der Waals surface area contributed by atoms with Crippen LogP contribution in [0.2, 0.25) is 0 Å². The fraction of sp³-hybridized carbons (Fsp3) is 0.235. The molecular weight excluding hydrogens is 270 g/mol. The molecule has 3 rings (SSSR count). The fourth-order valence-corrected chi connectivity index (χ4v) is 2.88. The van der Waals surface area contributed by atoms with Gasteiger partial charge in [-0.25, -0.2) is 0 Å². The van der Waals surface area contributed by atoms with Gasteiger partial charge in [-0.2, -0.15) is 0 Å². The molecule has 102 valence electrons. The average molecular weight is 286 g/mol. The van der Waals surface area contributed by atoms with Gasteiger partial charge < -0.3 is 5.32 Å². The topological polar surface area (TPSA) is 29.1 Å². The van der Waals surface area contributed by atoms with E-state index in [0.29, 0.717) is 6.54 Å². The van der Waals surface area contributed by atoms with Crippen LogP contribution in [-0.2, 0) is 6.42 Å². The maximum Gasteiger partial charge on any atom is 0.251 e. The van der Waals surface area contributed by atoms with Crippen LogP contribution in [0.5, 0.6) is 0 Å². The molecule has 1 aliphatic rings. The van der Waals surface area contributed by atoms with Crippen molar-refractivity contribution in [1.82, 2.24) is 5.32 Å². The van der Waals surface area contributed by atoms with Crippen molar-refractivity contribution in [1.29, 1.82) is 0 Å². The Bertz CT molecular complexity index is 666. The minimum Gasteiger partial charge on any atom is -0.352 e. The van der Waals surface area contributed by atoms with Gasteiger partial charge in [0.1, 0.15) is 0 Å². The molecule has 0 aromatic heterocycles. The first-order valence-corrected chi connectivity index (χ1v) is 7.20. The molecule has 2 aromatic carbocycles. The van der Waals surface area contributed by atoms with E-state index >= 15 is 0 Å². The number of carbonyl (C=O) groups excluding carboxylic acids is 1. The number of aryl methyl sites for hydroxylation is 1. The van der Waals surface area contributed by atoms with Gasteiger partial charge in [0, 0.05) is 12.1 Å². The minimum atomic E-state index is -0.227. The van der Waals surface area contributed by atoms with Crippen LogP contribution < -0.4 is 5.32 Å². The molecule has 0 spiro atoms. The lowest BCUT2D eigenvalue weighted by Crippen LogP contribution is -2.31. The van der Waals surface area contributed by atoms with Gasteiger partial charge >= 0.3 is 0 Å². The second-order valence-electron chi connectivity index (χ2n) is 5.20. The standard InChI is InChI=1S/C17H16ClNO/c1-11-3-2-4-13(9-11)16(18)14-6-5-12-7-8-19-17(20)15(12)10-14/h2-6,9-10,16H,7-8H2,1H3,(H,19,20). The number of nitrogens with one attached hydrogen (secondary N) is 1. The number of alkyl halides is 1. The first kappa shape index (κ1) is 13.2. The smallest absolute Gasteiger partial charge is 0.251 e. The quantitative estimate of drug-likeness (QED) is 0.839. The summed E-state index contributed by atoms with van der Waals surface area (Å²) in [6.45, 7) is 2.76. The van der Waals surface area contributed by atoms with Gasteiger partial charge in [-0.3, -0.25) is 4.79 Å². The third-order valence-electron chi connectivity index (χ3n) is 3.69. The van der Waals surface area contributed by atoms with Gasteiger partial charge in [0.05, 0.1) is 5.38 Å². The van der Waals surface area contributed by atoms with E-state index in [1.165, 1.54) is 5.56 Å². The van der Waals surface area contributed by atoms with E-state index in [9.17, 15) is 4.79 Å². The largest absolute Gasteiger partial charge is 0.352 e. The summed E-state index contributed by atoms with van der Waals surface area (Å²) in [5.41, 5.74) is 5.07. The molecule has 3 heteroatoms. The molecule has 0 aliphatic carbocycles. The first-order valence-electron chi connectivity index (χ1n) is 6.77. The third-order valence-corrected chi connectivity index (χ3v) is 4.19. The predicted octanol–water partition coefficient (Wildman–Crippen LogP) is 3.61. The van der Waals surface area contributed by atoms with Crippen LogP contribution in [0.1, 0.15) is 38.0 Å². The highest BCUT2D eigenvalue weighted by atomic mass is 35.5. The monoisotopic (exact) mass is 285 g/mol. The number of hydrogen-bond acceptors (Lipinski definition) is 1. The Kier molecular flexibility index (Phi) is 3.49. The molecule has 1 N–H and O–H groups in total. The van der Waals surface area contributed by atoms with Crippen molar-refractivity contribution in [3.8, 4) is 0 Å². The van der Waals surface area contributed by atoms with Crippen molar-refractivity contribution < 1.29 is 4.79 Å². The van der Waals surface area contributed by atoms with Crippen LogP contribution in [0.25, 0.3) is 0 Å². The van der Waals surface area contributed by atoms with E-state index < -0.39 is 0 Å². The number of halogens is 1. The highest BCUT2D eigenvalue weighted by Crippen LogP contribution is 2.31. The molecule has 1 atom stereocenters. The number of hydrogen-bond donors (Lipinski definition) is 1. The van der Waals surface area contributed by atoms with E-state index in [-0.39, 0.29) is 11.3 Å². The second-order valence-corrected chi connectivity index (χ2v) is 5.64. The molecule has 1 aliphatic heterocycles. The molecule has 1 unspecified atom stereocenters. The molecule has 2 nitrogen and oxygen atoms in total. The summed E-state index contributed by atoms with van der Waals surface area (Å²) in [7, 11) is 0. The molecule has 0 saturated carbocycles. The summed E-state index contributed by atoms with van der Waals surface area (Å²) in [4.78, 5) is 11.9. The van der Waals surface area contributed by atoms with E-state index in [0.717, 1.165) is 28.7 Å². The van der Waals surface area contributed by atoms with Crippen molar-refractivity contribution >= 4 is 17.5 Å². The Balaban J connectivity index is 1.98. The van der Waals surface area contributed by atoms with Gasteiger partial charge in [0.15, 0.2) is 0 Å². The highest BCUT2D eigenvalue weighted by molar-refractivity contribution is 6.22. The molecule has 0 saturated heterocycles. The molecule has 1 amide bonds. The van der Waals surface area contributed by atoms with E-state index in [1.54, 1.807) is 0 Å². The van der Waals surface area contributed by atoms with Crippen LogP contribution in [0.4, 0.5) is 0 Å². The Morgan fingerprint density at radius 2 is 1.95 bits per heavy atom. The van der Waals surface area contributed by atoms with Gasteiger partial charge in [0.2, 0.25) is 0 Å². The first-order chi connectivity index (χ1) is 9.65. The Morgan fingerprint density at radius 3 is 2.75 bits per heavy atom. The van der Waals surface area contributed by atoms with Crippen molar-refractivity contribution in [2.45, 2.75) is 18.7 Å². The zero-order chi connectivity index (χ0) is 14.1. The van der Waals surface area contributed by atoms with Crippen LogP contribution in [0.15, 0.2) is 42.5 Å². The van der Waals surface area contributed by atoms with Crippen LogP contribution in [0, 0.1) is 6.92 Å². The summed E-state index contributed by atoms with van der Waals surface area (Å²) >= 11 is 6.56. The van der Waals surface area contributed by atoms with Crippen LogP contribution in [-0.4, -0.2) is 12.5 Å². The Hall–Kier alpha value is -1.80. The molecule has 2 aromatic rings. The van der Waals surface area contributed by atoms with E-state index in [1.807, 2.05) is 43.3 Å². The van der Waals surface area contributed by atoms with Crippen molar-refractivity contribution in [3.05, 3.63) is 70.3 Å². The molecule has 0 bridgehead atoms. The normalized spacial score (nSPS) is 15.4. The fourth-order valence-electron chi connectivity index (χ4n) is 2.61. The predicted molar refractivity (Wildman–Crippen MR) is 81.4 cm³/mol. The van der Waals surface area contributed by atoms with Crippen LogP contribution >= 0.6 is 11.6 Å². The number of rotatable bonds is 2. The minimum absolute atomic E-state index is 0.00112. The number of carbonyl (C=O) groups is 1. The van der Waals surface area contributed by atoms with Crippen molar-refractivity contribution in [2.24, 2.45) is 0 Å². The summed E-state index contributed by atoms with van der Waals surface area (Å²) < 4.78 is 0. The Morgan fingerprint density at radius 1 is 1.15 bits per heavy atom. The van der Waals surface area contributed by atoms with E-state index in [2.05, 4.69) is 11.4 Å². The van der Waals surface area contributed by atoms with Gasteiger partial charge in [-0.05, 0) is 36.1 Å². The third kappa shape index (κ3) is 2.44. The number of amides is 1. The number of fused-ring (bicyclic) bond motifs is 1. The molecular formula is C17H16ClNO. The zero-order valence-corrected chi connectivity index (χ0v) is 12.1. The SMILES string of the molecule is Cc1cccc(C(Cl)c2ccc3c(c2)C(=O)NCC3)c1. The lowest BCUT2D eigenvalue weighted by Gasteiger charge is -2.19. The van der Waals surface area contributed by atoms with Crippen molar-refractivity contribution in [3.63, 3.8) is 0 Å². The van der Waals surface area contributed by atoms with E-state index in [4.69, 9.17) is 11.6 Å². The molecule has 20 heavy (non-hydrogen) atoms.